The van der Waals surface area contributed by atoms with Crippen molar-refractivity contribution in [3.8, 4) is 0 Å². The molecule has 2 saturated heterocycles. The Labute approximate surface area is 119 Å². The van der Waals surface area contributed by atoms with Crippen LogP contribution in [0, 0.1) is 0 Å². The van der Waals surface area contributed by atoms with Gasteiger partial charge in [-0.1, -0.05) is 0 Å². The van der Waals surface area contributed by atoms with Crippen LogP contribution in [-0.4, -0.2) is 61.3 Å². The van der Waals surface area contributed by atoms with Crippen LogP contribution in [0.1, 0.15) is 52.4 Å². The minimum Gasteiger partial charge on any atom is -0.378 e. The second kappa shape index (κ2) is 7.61. The van der Waals surface area contributed by atoms with Gasteiger partial charge in [0, 0.05) is 18.7 Å². The van der Waals surface area contributed by atoms with E-state index in [0.717, 1.165) is 12.6 Å². The molecule has 2 rings (SSSR count). The van der Waals surface area contributed by atoms with E-state index < -0.39 is 0 Å². The summed E-state index contributed by atoms with van der Waals surface area (Å²) in [5, 5.41) is 0. The molecule has 2 heterocycles. The zero-order chi connectivity index (χ0) is 13.7. The van der Waals surface area contributed by atoms with Gasteiger partial charge in [-0.05, 0) is 79.1 Å². The number of hydrogen-bond donors (Lipinski definition) is 0. The Bertz CT molecular complexity index is 243. The maximum absolute atomic E-state index is 5.70. The van der Waals surface area contributed by atoms with Gasteiger partial charge in [-0.2, -0.15) is 0 Å². The number of nitrogens with zero attached hydrogens (tertiary/aromatic N) is 2. The van der Waals surface area contributed by atoms with Crippen LogP contribution in [-0.2, 0) is 4.74 Å². The topological polar surface area (TPSA) is 15.7 Å². The Hall–Kier alpha value is -0.120. The average Bonchev–Trinajstić information content (AvgIpc) is 2.92. The molecule has 2 fully saturated rings. The zero-order valence-corrected chi connectivity index (χ0v) is 13.1. The lowest BCUT2D eigenvalue weighted by Crippen LogP contribution is -2.45. The van der Waals surface area contributed by atoms with E-state index in [1.165, 1.54) is 58.2 Å². The molecule has 0 N–H and O–H groups in total. The SMILES string of the molecule is CC(C)N1CCC(N(C)CCC[C@@H]2CCCO2)CC1. The number of ether oxygens (including phenoxy) is 1. The van der Waals surface area contributed by atoms with E-state index in [0.29, 0.717) is 12.1 Å². The number of rotatable bonds is 6. The van der Waals surface area contributed by atoms with Crippen LogP contribution in [0.25, 0.3) is 0 Å². The molecule has 0 bridgehead atoms. The molecule has 0 aromatic carbocycles. The first kappa shape index (κ1) is 15.3. The molecule has 0 saturated carbocycles. The van der Waals surface area contributed by atoms with Crippen molar-refractivity contribution < 1.29 is 4.74 Å². The monoisotopic (exact) mass is 268 g/mol. The normalized spacial score (nSPS) is 26.7. The van der Waals surface area contributed by atoms with Crippen molar-refractivity contribution in [1.29, 1.82) is 0 Å². The highest BCUT2D eigenvalue weighted by atomic mass is 16.5. The lowest BCUT2D eigenvalue weighted by atomic mass is 10.0. The Balaban J connectivity index is 1.59. The molecular formula is C16H32N2O. The summed E-state index contributed by atoms with van der Waals surface area (Å²) in [5.74, 6) is 0. The molecule has 112 valence electrons. The second-order valence-corrected chi connectivity index (χ2v) is 6.62. The summed E-state index contributed by atoms with van der Waals surface area (Å²) in [5.41, 5.74) is 0. The van der Waals surface area contributed by atoms with E-state index >= 15 is 0 Å². The van der Waals surface area contributed by atoms with Crippen LogP contribution < -0.4 is 0 Å². The number of piperidine rings is 1. The smallest absolute Gasteiger partial charge is 0.0576 e. The predicted molar refractivity (Wildman–Crippen MR) is 80.6 cm³/mol. The summed E-state index contributed by atoms with van der Waals surface area (Å²) in [6.07, 6.45) is 8.37. The highest BCUT2D eigenvalue weighted by Gasteiger charge is 2.23. The van der Waals surface area contributed by atoms with Crippen molar-refractivity contribution in [2.75, 3.05) is 33.3 Å². The van der Waals surface area contributed by atoms with Gasteiger partial charge in [-0.25, -0.2) is 0 Å². The van der Waals surface area contributed by atoms with Crippen LogP contribution in [0.15, 0.2) is 0 Å². The van der Waals surface area contributed by atoms with Gasteiger partial charge in [0.1, 0.15) is 0 Å². The van der Waals surface area contributed by atoms with Crippen molar-refractivity contribution in [2.45, 2.75) is 70.6 Å². The number of hydrogen-bond acceptors (Lipinski definition) is 3. The molecule has 3 nitrogen and oxygen atoms in total. The van der Waals surface area contributed by atoms with Crippen molar-refractivity contribution in [3.63, 3.8) is 0 Å². The minimum absolute atomic E-state index is 0.566. The van der Waals surface area contributed by atoms with Crippen molar-refractivity contribution in [2.24, 2.45) is 0 Å². The predicted octanol–water partition coefficient (Wildman–Crippen LogP) is 2.75. The van der Waals surface area contributed by atoms with Crippen LogP contribution in [0.2, 0.25) is 0 Å². The van der Waals surface area contributed by atoms with Gasteiger partial charge in [-0.3, -0.25) is 0 Å². The van der Waals surface area contributed by atoms with Crippen LogP contribution in [0.4, 0.5) is 0 Å². The fraction of sp³-hybridized carbons (Fsp3) is 1.00. The summed E-state index contributed by atoms with van der Waals surface area (Å²) < 4.78 is 5.70. The maximum atomic E-state index is 5.70. The van der Waals surface area contributed by atoms with Gasteiger partial charge in [0.05, 0.1) is 6.10 Å². The molecule has 0 aromatic rings. The van der Waals surface area contributed by atoms with Crippen molar-refractivity contribution in [3.05, 3.63) is 0 Å². The van der Waals surface area contributed by atoms with Crippen LogP contribution in [0.5, 0.6) is 0 Å². The molecule has 0 radical (unpaired) electrons. The zero-order valence-electron chi connectivity index (χ0n) is 13.1. The third-order valence-electron chi connectivity index (χ3n) is 4.91. The maximum Gasteiger partial charge on any atom is 0.0576 e. The summed E-state index contributed by atoms with van der Waals surface area (Å²) in [7, 11) is 2.31. The van der Waals surface area contributed by atoms with Crippen molar-refractivity contribution in [1.82, 2.24) is 9.80 Å². The molecule has 0 amide bonds. The minimum atomic E-state index is 0.566. The van der Waals surface area contributed by atoms with E-state index in [9.17, 15) is 0 Å². The molecule has 2 aliphatic rings. The Morgan fingerprint density at radius 3 is 2.53 bits per heavy atom. The molecule has 0 aromatic heterocycles. The quantitative estimate of drug-likeness (QED) is 0.737. The highest BCUT2D eigenvalue weighted by Crippen LogP contribution is 2.20. The van der Waals surface area contributed by atoms with Gasteiger partial charge < -0.3 is 14.5 Å². The fourth-order valence-electron chi connectivity index (χ4n) is 3.47. The van der Waals surface area contributed by atoms with Gasteiger partial charge in [0.2, 0.25) is 0 Å². The second-order valence-electron chi connectivity index (χ2n) is 6.62. The molecule has 3 heteroatoms. The van der Waals surface area contributed by atoms with E-state index in [-0.39, 0.29) is 0 Å². The third-order valence-corrected chi connectivity index (χ3v) is 4.91. The summed E-state index contributed by atoms with van der Waals surface area (Å²) in [6.45, 7) is 9.41. The lowest BCUT2D eigenvalue weighted by molar-refractivity contribution is 0.0871. The molecule has 19 heavy (non-hydrogen) atoms. The van der Waals surface area contributed by atoms with Crippen molar-refractivity contribution >= 4 is 0 Å². The van der Waals surface area contributed by atoms with Gasteiger partial charge in [-0.15, -0.1) is 0 Å². The summed E-state index contributed by atoms with van der Waals surface area (Å²) >= 11 is 0. The summed E-state index contributed by atoms with van der Waals surface area (Å²) in [4.78, 5) is 5.20. The van der Waals surface area contributed by atoms with Crippen LogP contribution in [0.3, 0.4) is 0 Å². The first-order valence-corrected chi connectivity index (χ1v) is 8.22. The molecule has 2 aliphatic heterocycles. The first-order valence-electron chi connectivity index (χ1n) is 8.22. The highest BCUT2D eigenvalue weighted by molar-refractivity contribution is 4.80. The fourth-order valence-corrected chi connectivity index (χ4v) is 3.47. The molecular weight excluding hydrogens is 236 g/mol. The Morgan fingerprint density at radius 2 is 1.95 bits per heavy atom. The van der Waals surface area contributed by atoms with E-state index in [2.05, 4.69) is 30.7 Å². The van der Waals surface area contributed by atoms with E-state index in [4.69, 9.17) is 4.74 Å². The van der Waals surface area contributed by atoms with Gasteiger partial charge in [0.15, 0.2) is 0 Å². The molecule has 0 unspecified atom stereocenters. The largest absolute Gasteiger partial charge is 0.378 e. The third kappa shape index (κ3) is 4.73. The number of likely N-dealkylation sites (tertiary alicyclic amines) is 1. The average molecular weight is 268 g/mol. The van der Waals surface area contributed by atoms with E-state index in [1.807, 2.05) is 0 Å². The van der Waals surface area contributed by atoms with Crippen LogP contribution >= 0.6 is 0 Å². The summed E-state index contributed by atoms with van der Waals surface area (Å²) in [6, 6.07) is 1.52. The first-order chi connectivity index (χ1) is 9.16. The lowest BCUT2D eigenvalue weighted by Gasteiger charge is -2.38. The molecule has 0 spiro atoms. The Morgan fingerprint density at radius 1 is 1.21 bits per heavy atom. The molecule has 0 aliphatic carbocycles. The van der Waals surface area contributed by atoms with Gasteiger partial charge in [0.25, 0.3) is 0 Å². The van der Waals surface area contributed by atoms with Gasteiger partial charge >= 0.3 is 0 Å². The Kier molecular flexibility index (Phi) is 6.11. The molecule has 1 atom stereocenters. The standard InChI is InChI=1S/C16H32N2O/c1-14(2)18-11-8-15(9-12-18)17(3)10-4-6-16-7-5-13-19-16/h14-16H,4-13H2,1-3H3/t16-/m1/s1. The van der Waals surface area contributed by atoms with E-state index in [1.54, 1.807) is 0 Å².